The van der Waals surface area contributed by atoms with Gasteiger partial charge in [0.1, 0.15) is 0 Å². The van der Waals surface area contributed by atoms with E-state index < -0.39 is 0 Å². The normalized spacial score (nSPS) is 12.8. The van der Waals surface area contributed by atoms with Crippen LogP contribution in [0.2, 0.25) is 0 Å². The van der Waals surface area contributed by atoms with Crippen LogP contribution >= 0.6 is 11.3 Å². The van der Waals surface area contributed by atoms with E-state index in [9.17, 15) is 0 Å². The molecular weight excluding hydrogens is 172 g/mol. The summed E-state index contributed by atoms with van der Waals surface area (Å²) in [5, 5.41) is 15.0. The molecule has 1 unspecified atom stereocenters. The van der Waals surface area contributed by atoms with Crippen molar-refractivity contribution in [1.82, 2.24) is 4.98 Å². The largest absolute Gasteiger partial charge is 0.393 e. The summed E-state index contributed by atoms with van der Waals surface area (Å²) in [5.74, 6) is 0. The molecule has 0 aliphatic carbocycles. The van der Waals surface area contributed by atoms with Crippen molar-refractivity contribution in [2.75, 3.05) is 11.9 Å². The lowest BCUT2D eigenvalue weighted by atomic mass is 10.2. The molecule has 3 nitrogen and oxygen atoms in total. The molecule has 0 radical (unpaired) electrons. The minimum atomic E-state index is -0.192. The first-order chi connectivity index (χ1) is 5.79. The minimum Gasteiger partial charge on any atom is -0.393 e. The van der Waals surface area contributed by atoms with Gasteiger partial charge in [0.05, 0.1) is 6.10 Å². The second kappa shape index (κ2) is 5.11. The Morgan fingerprint density at radius 1 is 1.75 bits per heavy atom. The molecule has 12 heavy (non-hydrogen) atoms. The molecule has 0 aromatic carbocycles. The maximum Gasteiger partial charge on any atom is 0.182 e. The van der Waals surface area contributed by atoms with Crippen LogP contribution in [0.3, 0.4) is 0 Å². The summed E-state index contributed by atoms with van der Waals surface area (Å²) in [4.78, 5) is 4.08. The van der Waals surface area contributed by atoms with Gasteiger partial charge in [-0.2, -0.15) is 0 Å². The molecule has 0 saturated heterocycles. The average molecular weight is 186 g/mol. The van der Waals surface area contributed by atoms with Gasteiger partial charge in [-0.3, -0.25) is 0 Å². The lowest BCUT2D eigenvalue weighted by molar-refractivity contribution is 0.183. The third kappa shape index (κ3) is 3.69. The average Bonchev–Trinajstić information content (AvgIpc) is 2.49. The lowest BCUT2D eigenvalue weighted by Gasteiger charge is -2.03. The highest BCUT2D eigenvalue weighted by Gasteiger charge is 1.96. The third-order valence-electron chi connectivity index (χ3n) is 1.51. The predicted molar refractivity (Wildman–Crippen MR) is 51.5 cm³/mol. The number of aromatic nitrogens is 1. The topological polar surface area (TPSA) is 45.1 Å². The quantitative estimate of drug-likeness (QED) is 0.688. The van der Waals surface area contributed by atoms with Gasteiger partial charge in [-0.25, -0.2) is 4.98 Å². The Morgan fingerprint density at radius 2 is 2.58 bits per heavy atom. The fourth-order valence-electron chi connectivity index (χ4n) is 0.904. The van der Waals surface area contributed by atoms with E-state index in [0.717, 1.165) is 24.5 Å². The van der Waals surface area contributed by atoms with Gasteiger partial charge in [0.15, 0.2) is 5.13 Å². The Kier molecular flexibility index (Phi) is 4.04. The van der Waals surface area contributed by atoms with Gasteiger partial charge < -0.3 is 10.4 Å². The van der Waals surface area contributed by atoms with Gasteiger partial charge in [0, 0.05) is 18.1 Å². The predicted octanol–water partition coefficient (Wildman–Crippen LogP) is 1.72. The van der Waals surface area contributed by atoms with E-state index in [1.54, 1.807) is 17.5 Å². The molecule has 1 heterocycles. The van der Waals surface area contributed by atoms with E-state index in [4.69, 9.17) is 5.11 Å². The Hall–Kier alpha value is -0.610. The standard InChI is InChI=1S/C8H14N2OS/c1-7(11)3-2-4-9-8-10-5-6-12-8/h5-7,11H,2-4H2,1H3,(H,9,10). The van der Waals surface area contributed by atoms with Crippen molar-refractivity contribution in [3.63, 3.8) is 0 Å². The number of nitrogens with one attached hydrogen (secondary N) is 1. The highest BCUT2D eigenvalue weighted by Crippen LogP contribution is 2.10. The molecule has 0 aliphatic rings. The van der Waals surface area contributed by atoms with Crippen LogP contribution in [0.15, 0.2) is 11.6 Å². The lowest BCUT2D eigenvalue weighted by Crippen LogP contribution is -2.06. The fraction of sp³-hybridized carbons (Fsp3) is 0.625. The van der Waals surface area contributed by atoms with Crippen molar-refractivity contribution in [3.05, 3.63) is 11.6 Å². The van der Waals surface area contributed by atoms with Crippen molar-refractivity contribution >= 4 is 16.5 Å². The molecule has 68 valence electrons. The van der Waals surface area contributed by atoms with E-state index >= 15 is 0 Å². The van der Waals surface area contributed by atoms with Crippen LogP contribution in [-0.4, -0.2) is 22.7 Å². The summed E-state index contributed by atoms with van der Waals surface area (Å²) >= 11 is 1.60. The van der Waals surface area contributed by atoms with Gasteiger partial charge in [-0.1, -0.05) is 0 Å². The van der Waals surface area contributed by atoms with Crippen molar-refractivity contribution in [2.45, 2.75) is 25.9 Å². The van der Waals surface area contributed by atoms with Crippen LogP contribution in [-0.2, 0) is 0 Å². The Balaban J connectivity index is 2.04. The summed E-state index contributed by atoms with van der Waals surface area (Å²) in [7, 11) is 0. The molecule has 0 amide bonds. The van der Waals surface area contributed by atoms with Crippen LogP contribution in [0, 0.1) is 0 Å². The van der Waals surface area contributed by atoms with E-state index in [1.807, 2.05) is 12.3 Å². The zero-order valence-electron chi connectivity index (χ0n) is 7.16. The molecule has 1 rings (SSSR count). The molecule has 1 aromatic heterocycles. The molecule has 0 aliphatic heterocycles. The van der Waals surface area contributed by atoms with E-state index in [-0.39, 0.29) is 6.10 Å². The minimum absolute atomic E-state index is 0.192. The third-order valence-corrected chi connectivity index (χ3v) is 2.24. The first-order valence-electron chi connectivity index (χ1n) is 4.10. The number of thiazole rings is 1. The number of nitrogens with zero attached hydrogens (tertiary/aromatic N) is 1. The van der Waals surface area contributed by atoms with E-state index in [1.165, 1.54) is 0 Å². The highest BCUT2D eigenvalue weighted by molar-refractivity contribution is 7.13. The van der Waals surface area contributed by atoms with Crippen molar-refractivity contribution in [3.8, 4) is 0 Å². The van der Waals surface area contributed by atoms with Gasteiger partial charge in [0.2, 0.25) is 0 Å². The van der Waals surface area contributed by atoms with Gasteiger partial charge >= 0.3 is 0 Å². The number of aliphatic hydroxyl groups excluding tert-OH is 1. The Morgan fingerprint density at radius 3 is 3.17 bits per heavy atom. The molecule has 4 heteroatoms. The van der Waals surface area contributed by atoms with Crippen LogP contribution in [0.1, 0.15) is 19.8 Å². The molecule has 0 saturated carbocycles. The van der Waals surface area contributed by atoms with Crippen LogP contribution in [0.4, 0.5) is 5.13 Å². The van der Waals surface area contributed by atoms with Crippen LogP contribution < -0.4 is 5.32 Å². The zero-order chi connectivity index (χ0) is 8.81. The van der Waals surface area contributed by atoms with E-state index in [0.29, 0.717) is 0 Å². The highest BCUT2D eigenvalue weighted by atomic mass is 32.1. The van der Waals surface area contributed by atoms with Crippen LogP contribution in [0.5, 0.6) is 0 Å². The number of hydrogen-bond acceptors (Lipinski definition) is 4. The monoisotopic (exact) mass is 186 g/mol. The summed E-state index contributed by atoms with van der Waals surface area (Å²) in [6, 6.07) is 0. The molecule has 2 N–H and O–H groups in total. The van der Waals surface area contributed by atoms with Gasteiger partial charge in [-0.05, 0) is 19.8 Å². The second-order valence-corrected chi connectivity index (χ2v) is 3.65. The fourth-order valence-corrected chi connectivity index (χ4v) is 1.46. The smallest absolute Gasteiger partial charge is 0.182 e. The first-order valence-corrected chi connectivity index (χ1v) is 4.98. The van der Waals surface area contributed by atoms with Crippen molar-refractivity contribution < 1.29 is 5.11 Å². The molecule has 0 spiro atoms. The summed E-state index contributed by atoms with van der Waals surface area (Å²) in [6.45, 7) is 2.70. The Bertz CT molecular complexity index is 199. The molecule has 1 atom stereocenters. The molecule has 0 bridgehead atoms. The Labute approximate surface area is 76.5 Å². The van der Waals surface area contributed by atoms with Gasteiger partial charge in [-0.15, -0.1) is 11.3 Å². The molecule has 0 fully saturated rings. The summed E-state index contributed by atoms with van der Waals surface area (Å²) < 4.78 is 0. The zero-order valence-corrected chi connectivity index (χ0v) is 7.97. The van der Waals surface area contributed by atoms with Crippen LogP contribution in [0.25, 0.3) is 0 Å². The molecule has 1 aromatic rings. The maximum atomic E-state index is 8.97. The van der Waals surface area contributed by atoms with E-state index in [2.05, 4.69) is 10.3 Å². The van der Waals surface area contributed by atoms with Crippen molar-refractivity contribution in [1.29, 1.82) is 0 Å². The SMILES string of the molecule is CC(O)CCCNc1nccs1. The van der Waals surface area contributed by atoms with Gasteiger partial charge in [0.25, 0.3) is 0 Å². The molecular formula is C8H14N2OS. The summed E-state index contributed by atoms with van der Waals surface area (Å²) in [6.07, 6.45) is 3.42. The number of aliphatic hydroxyl groups is 1. The first kappa shape index (κ1) is 9.48. The second-order valence-electron chi connectivity index (χ2n) is 2.76. The number of rotatable bonds is 5. The number of hydrogen-bond donors (Lipinski definition) is 2. The summed E-state index contributed by atoms with van der Waals surface area (Å²) in [5.41, 5.74) is 0. The van der Waals surface area contributed by atoms with Crippen molar-refractivity contribution in [2.24, 2.45) is 0 Å². The maximum absolute atomic E-state index is 8.97. The number of anilines is 1.